The topological polar surface area (TPSA) is 3.24 Å². The van der Waals surface area contributed by atoms with Crippen LogP contribution in [0.5, 0.6) is 0 Å². The van der Waals surface area contributed by atoms with Gasteiger partial charge in [-0.1, -0.05) is 6.92 Å². The molecule has 1 atom stereocenters. The van der Waals surface area contributed by atoms with Gasteiger partial charge in [0.25, 0.3) is 0 Å². The summed E-state index contributed by atoms with van der Waals surface area (Å²) < 4.78 is 0. The molecule has 0 radical (unpaired) electrons. The van der Waals surface area contributed by atoms with Crippen molar-refractivity contribution in [1.29, 1.82) is 0 Å². The smallest absolute Gasteiger partial charge is 0.0738 e. The summed E-state index contributed by atoms with van der Waals surface area (Å²) in [7, 11) is 0. The van der Waals surface area contributed by atoms with Gasteiger partial charge in [0.15, 0.2) is 0 Å². The minimum atomic E-state index is 0.713. The molecule has 1 saturated heterocycles. The lowest BCUT2D eigenvalue weighted by Gasteiger charge is -2.28. The molecule has 1 aliphatic rings. The second kappa shape index (κ2) is 3.43. The van der Waals surface area contributed by atoms with E-state index in [1.165, 1.54) is 25.9 Å². The lowest BCUT2D eigenvalue weighted by atomic mass is 10.0. The molecule has 0 aromatic heterocycles. The van der Waals surface area contributed by atoms with Crippen LogP contribution in [0.4, 0.5) is 0 Å². The molecule has 0 bridgehead atoms. The number of rotatable bonds is 1. The molecule has 54 valence electrons. The number of likely N-dealkylation sites (tertiary alicyclic amines) is 1. The number of piperidine rings is 1. The maximum Gasteiger partial charge on any atom is 0.0738 e. The van der Waals surface area contributed by atoms with E-state index in [1.807, 2.05) is 0 Å². The average Bonchev–Trinajstić information content (AvgIpc) is 1.88. The van der Waals surface area contributed by atoms with E-state index in [4.69, 9.17) is 11.6 Å². The summed E-state index contributed by atoms with van der Waals surface area (Å²) in [6, 6.07) is 0.713. The maximum atomic E-state index is 5.67. The van der Waals surface area contributed by atoms with E-state index in [9.17, 15) is 0 Å². The van der Waals surface area contributed by atoms with Gasteiger partial charge in [-0.25, -0.2) is 0 Å². The standard InChI is InChI=1S/C7H14ClN/c1-7-3-2-4-9(5-7)6-8/h7H,2-6H2,1H3. The van der Waals surface area contributed by atoms with Crippen molar-refractivity contribution in [1.82, 2.24) is 4.90 Å². The van der Waals surface area contributed by atoms with E-state index >= 15 is 0 Å². The first-order chi connectivity index (χ1) is 4.33. The molecular formula is C7H14ClN. The Kier molecular flexibility index (Phi) is 2.80. The molecule has 0 aromatic carbocycles. The molecule has 0 spiro atoms. The Morgan fingerprint density at radius 2 is 2.44 bits per heavy atom. The van der Waals surface area contributed by atoms with Gasteiger partial charge in [-0.05, 0) is 25.3 Å². The van der Waals surface area contributed by atoms with Crippen molar-refractivity contribution >= 4 is 11.6 Å². The van der Waals surface area contributed by atoms with Crippen molar-refractivity contribution in [3.63, 3.8) is 0 Å². The van der Waals surface area contributed by atoms with Crippen molar-refractivity contribution in [2.45, 2.75) is 19.8 Å². The molecule has 2 heteroatoms. The van der Waals surface area contributed by atoms with Crippen LogP contribution >= 0.6 is 11.6 Å². The van der Waals surface area contributed by atoms with Crippen LogP contribution in [0, 0.1) is 5.92 Å². The molecule has 0 N–H and O–H groups in total. The Hall–Kier alpha value is 0.250. The van der Waals surface area contributed by atoms with Crippen LogP contribution in [0.3, 0.4) is 0 Å². The van der Waals surface area contributed by atoms with Crippen LogP contribution in [-0.4, -0.2) is 24.0 Å². The molecule has 1 fully saturated rings. The molecule has 1 aliphatic heterocycles. The summed E-state index contributed by atoms with van der Waals surface area (Å²) in [6.45, 7) is 4.69. The molecule has 0 aliphatic carbocycles. The predicted molar refractivity (Wildman–Crippen MR) is 40.7 cm³/mol. The van der Waals surface area contributed by atoms with Gasteiger partial charge in [-0.2, -0.15) is 0 Å². The highest BCUT2D eigenvalue weighted by atomic mass is 35.5. The summed E-state index contributed by atoms with van der Waals surface area (Å²) in [4.78, 5) is 2.30. The SMILES string of the molecule is CC1CCCN(CCl)C1. The number of halogens is 1. The Balaban J connectivity index is 2.23. The Labute approximate surface area is 62.0 Å². The average molecular weight is 148 g/mol. The van der Waals surface area contributed by atoms with Crippen LogP contribution in [0.15, 0.2) is 0 Å². The Morgan fingerprint density at radius 1 is 1.67 bits per heavy atom. The van der Waals surface area contributed by atoms with E-state index in [2.05, 4.69) is 11.8 Å². The van der Waals surface area contributed by atoms with E-state index in [0.29, 0.717) is 6.00 Å². The quantitative estimate of drug-likeness (QED) is 0.405. The van der Waals surface area contributed by atoms with Crippen LogP contribution in [0.2, 0.25) is 0 Å². The van der Waals surface area contributed by atoms with E-state index in [0.717, 1.165) is 5.92 Å². The normalized spacial score (nSPS) is 30.7. The van der Waals surface area contributed by atoms with Gasteiger partial charge in [-0.3, -0.25) is 4.90 Å². The van der Waals surface area contributed by atoms with Gasteiger partial charge >= 0.3 is 0 Å². The van der Waals surface area contributed by atoms with Crippen molar-refractivity contribution in [2.24, 2.45) is 5.92 Å². The second-order valence-corrected chi connectivity index (χ2v) is 3.18. The minimum Gasteiger partial charge on any atom is -0.290 e. The highest BCUT2D eigenvalue weighted by molar-refractivity contribution is 6.17. The molecule has 1 nitrogen and oxygen atoms in total. The summed E-state index contributed by atoms with van der Waals surface area (Å²) in [6.07, 6.45) is 2.71. The van der Waals surface area contributed by atoms with Crippen molar-refractivity contribution in [2.75, 3.05) is 19.1 Å². The molecule has 0 aromatic rings. The van der Waals surface area contributed by atoms with Crippen LogP contribution in [-0.2, 0) is 0 Å². The monoisotopic (exact) mass is 147 g/mol. The molecular weight excluding hydrogens is 134 g/mol. The predicted octanol–water partition coefficient (Wildman–Crippen LogP) is 1.91. The van der Waals surface area contributed by atoms with Gasteiger partial charge < -0.3 is 0 Å². The van der Waals surface area contributed by atoms with Gasteiger partial charge in [0.2, 0.25) is 0 Å². The molecule has 1 rings (SSSR count). The fraction of sp³-hybridized carbons (Fsp3) is 1.00. The van der Waals surface area contributed by atoms with Crippen molar-refractivity contribution in [3.05, 3.63) is 0 Å². The number of hydrogen-bond acceptors (Lipinski definition) is 1. The minimum absolute atomic E-state index is 0.713. The number of hydrogen-bond donors (Lipinski definition) is 0. The fourth-order valence-corrected chi connectivity index (χ4v) is 1.61. The first-order valence-corrected chi connectivity index (χ1v) is 4.14. The van der Waals surface area contributed by atoms with E-state index < -0.39 is 0 Å². The summed E-state index contributed by atoms with van der Waals surface area (Å²) in [5.41, 5.74) is 0. The largest absolute Gasteiger partial charge is 0.290 e. The highest BCUT2D eigenvalue weighted by Gasteiger charge is 2.14. The van der Waals surface area contributed by atoms with Gasteiger partial charge in [0, 0.05) is 6.54 Å². The molecule has 0 saturated carbocycles. The van der Waals surface area contributed by atoms with E-state index in [-0.39, 0.29) is 0 Å². The number of alkyl halides is 1. The molecule has 9 heavy (non-hydrogen) atoms. The maximum absolute atomic E-state index is 5.67. The highest BCUT2D eigenvalue weighted by Crippen LogP contribution is 2.14. The summed E-state index contributed by atoms with van der Waals surface area (Å²) in [5, 5.41) is 0. The zero-order chi connectivity index (χ0) is 6.69. The second-order valence-electron chi connectivity index (χ2n) is 2.94. The lowest BCUT2D eigenvalue weighted by molar-refractivity contribution is 0.211. The van der Waals surface area contributed by atoms with Crippen LogP contribution in [0.1, 0.15) is 19.8 Å². The van der Waals surface area contributed by atoms with E-state index in [1.54, 1.807) is 0 Å². The third-order valence-electron chi connectivity index (χ3n) is 1.91. The Bertz CT molecular complexity index is 85.0. The summed E-state index contributed by atoms with van der Waals surface area (Å²) in [5.74, 6) is 0.859. The van der Waals surface area contributed by atoms with Crippen molar-refractivity contribution < 1.29 is 0 Å². The van der Waals surface area contributed by atoms with Crippen LogP contribution in [0.25, 0.3) is 0 Å². The third kappa shape index (κ3) is 2.15. The first kappa shape index (κ1) is 7.36. The first-order valence-electron chi connectivity index (χ1n) is 3.61. The zero-order valence-electron chi connectivity index (χ0n) is 5.94. The van der Waals surface area contributed by atoms with Crippen molar-refractivity contribution in [3.8, 4) is 0 Å². The molecule has 1 heterocycles. The Morgan fingerprint density at radius 3 is 2.89 bits per heavy atom. The van der Waals surface area contributed by atoms with Gasteiger partial charge in [-0.15, -0.1) is 11.6 Å². The van der Waals surface area contributed by atoms with Gasteiger partial charge in [0.05, 0.1) is 6.00 Å². The summed E-state index contributed by atoms with van der Waals surface area (Å²) >= 11 is 5.67. The van der Waals surface area contributed by atoms with Gasteiger partial charge in [0.1, 0.15) is 0 Å². The third-order valence-corrected chi connectivity index (χ3v) is 2.25. The number of nitrogens with zero attached hydrogens (tertiary/aromatic N) is 1. The van der Waals surface area contributed by atoms with Crippen LogP contribution < -0.4 is 0 Å². The molecule has 0 amide bonds. The molecule has 1 unspecified atom stereocenters. The fourth-order valence-electron chi connectivity index (χ4n) is 1.40. The lowest BCUT2D eigenvalue weighted by Crippen LogP contribution is -2.33. The zero-order valence-corrected chi connectivity index (χ0v) is 6.69.